The molecule has 3 N–H and O–H groups in total. The number of benzene rings is 2. The van der Waals surface area contributed by atoms with Gasteiger partial charge in [-0.15, -0.1) is 0 Å². The molecule has 0 aromatic heterocycles. The van der Waals surface area contributed by atoms with Gasteiger partial charge in [-0.1, -0.05) is 67.9 Å². The summed E-state index contributed by atoms with van der Waals surface area (Å²) in [6.07, 6.45) is 2.33. The van der Waals surface area contributed by atoms with E-state index in [0.717, 1.165) is 12.0 Å². The number of aliphatic hydroxyl groups is 1. The molecule has 3 amide bonds. The molecule has 39 heavy (non-hydrogen) atoms. The summed E-state index contributed by atoms with van der Waals surface area (Å²) in [5.41, 5.74) is -0.0938. The number of carbonyl (C=O) groups is 3. The summed E-state index contributed by atoms with van der Waals surface area (Å²) in [4.78, 5) is 43.8. The van der Waals surface area contributed by atoms with Gasteiger partial charge in [0, 0.05) is 6.54 Å². The van der Waals surface area contributed by atoms with Crippen molar-refractivity contribution < 1.29 is 24.2 Å². The van der Waals surface area contributed by atoms with E-state index >= 15 is 0 Å². The summed E-state index contributed by atoms with van der Waals surface area (Å²) < 4.78 is 6.80. The van der Waals surface area contributed by atoms with E-state index in [1.54, 1.807) is 12.1 Å². The average Bonchev–Trinajstić information content (AvgIpc) is 3.54. The number of nitrogens with one attached hydrogen (secondary N) is 2. The van der Waals surface area contributed by atoms with Gasteiger partial charge in [0.15, 0.2) is 0 Å². The van der Waals surface area contributed by atoms with Crippen molar-refractivity contribution in [2.24, 2.45) is 11.8 Å². The van der Waals surface area contributed by atoms with Crippen LogP contribution in [0.25, 0.3) is 0 Å². The van der Waals surface area contributed by atoms with E-state index in [0.29, 0.717) is 42.1 Å². The number of aryl methyl sites for hydroxylation is 1. The molecule has 5 rings (SSSR count). The van der Waals surface area contributed by atoms with E-state index < -0.39 is 41.0 Å². The maximum atomic E-state index is 14.4. The highest BCUT2D eigenvalue weighted by Gasteiger charge is 2.79. The summed E-state index contributed by atoms with van der Waals surface area (Å²) in [5, 5.41) is 16.9. The third-order valence-electron chi connectivity index (χ3n) is 8.86. The number of ether oxygens (including phenoxy) is 1. The molecule has 3 aliphatic heterocycles. The Morgan fingerprint density at radius 1 is 1.13 bits per heavy atom. The zero-order valence-electron chi connectivity index (χ0n) is 22.6. The molecule has 2 bridgehead atoms. The Kier molecular flexibility index (Phi) is 7.48. The molecular weight excluding hydrogens is 518 g/mol. The van der Waals surface area contributed by atoms with Crippen LogP contribution >= 0.6 is 11.6 Å². The third kappa shape index (κ3) is 4.24. The lowest BCUT2D eigenvalue weighted by Crippen LogP contribution is -2.54. The fourth-order valence-electron chi connectivity index (χ4n) is 7.06. The minimum Gasteiger partial charge on any atom is -0.394 e. The molecule has 3 aliphatic rings. The Bertz CT molecular complexity index is 1250. The number of para-hydroxylation sites is 1. The number of likely N-dealkylation sites (tertiary alicyclic amines) is 1. The van der Waals surface area contributed by atoms with Crippen LogP contribution < -0.4 is 10.6 Å². The molecule has 2 unspecified atom stereocenters. The van der Waals surface area contributed by atoms with Gasteiger partial charge in [0.1, 0.15) is 11.6 Å². The van der Waals surface area contributed by atoms with Gasteiger partial charge in [-0.2, -0.15) is 0 Å². The van der Waals surface area contributed by atoms with E-state index in [-0.39, 0.29) is 18.4 Å². The molecule has 8 nitrogen and oxygen atoms in total. The molecule has 3 fully saturated rings. The fraction of sp³-hybridized carbons (Fsp3) is 0.500. The number of hydrogen-bond donors (Lipinski definition) is 3. The number of anilines is 1. The maximum Gasteiger partial charge on any atom is 0.250 e. The lowest BCUT2D eigenvalue weighted by atomic mass is 9.65. The Morgan fingerprint density at radius 3 is 2.51 bits per heavy atom. The molecule has 3 heterocycles. The summed E-state index contributed by atoms with van der Waals surface area (Å²) in [6.45, 7) is 5.88. The number of fused-ring (bicyclic) bond motifs is 1. The summed E-state index contributed by atoms with van der Waals surface area (Å²) in [6, 6.07) is 12.6. The molecule has 2 aromatic carbocycles. The van der Waals surface area contributed by atoms with Crippen LogP contribution in [0.4, 0.5) is 5.69 Å². The highest BCUT2D eigenvalue weighted by atomic mass is 35.5. The van der Waals surface area contributed by atoms with Crippen LogP contribution in [0.5, 0.6) is 0 Å². The molecule has 0 aliphatic carbocycles. The van der Waals surface area contributed by atoms with Crippen molar-refractivity contribution in [3.05, 3.63) is 64.7 Å². The van der Waals surface area contributed by atoms with Crippen LogP contribution in [0.3, 0.4) is 0 Å². The molecular formula is C30H36ClN3O5. The van der Waals surface area contributed by atoms with E-state index in [1.807, 2.05) is 57.2 Å². The van der Waals surface area contributed by atoms with Crippen LogP contribution in [-0.4, -0.2) is 58.1 Å². The van der Waals surface area contributed by atoms with Gasteiger partial charge >= 0.3 is 0 Å². The molecule has 9 heteroatoms. The highest BCUT2D eigenvalue weighted by Crippen LogP contribution is 2.65. The van der Waals surface area contributed by atoms with Crippen molar-refractivity contribution in [2.75, 3.05) is 18.5 Å². The first-order chi connectivity index (χ1) is 18.7. The normalized spacial score (nSPS) is 29.8. The van der Waals surface area contributed by atoms with Crippen LogP contribution in [0.1, 0.15) is 56.7 Å². The first-order valence-corrected chi connectivity index (χ1v) is 14.1. The minimum absolute atomic E-state index is 0.221. The first kappa shape index (κ1) is 27.6. The Balaban J connectivity index is 1.63. The number of hydrogen-bond acceptors (Lipinski definition) is 5. The van der Waals surface area contributed by atoms with Gasteiger partial charge in [0.25, 0.3) is 0 Å². The SMILES string of the molecule is CCCNC(=O)[C@@H]1[C@H]2C(=O)N([C@H](CO)c3ccccc3)C(C(=O)Nc3c(C)cccc3Cl)C23CC[C@@]1(CC)O3. The van der Waals surface area contributed by atoms with Crippen LogP contribution in [0, 0.1) is 18.8 Å². The first-order valence-electron chi connectivity index (χ1n) is 13.8. The average molecular weight is 554 g/mol. The molecule has 0 saturated carbocycles. The second kappa shape index (κ2) is 10.6. The molecule has 208 valence electrons. The standard InChI is InChI=1S/C30H36ClN3O5/c1-4-16-32-26(36)22-23-28(38)34(21(17-35)19-11-7-6-8-12-19)25(30(23)15-14-29(22,5-2)39-30)27(37)33-24-18(3)10-9-13-20(24)31/h6-13,21-23,25,35H,4-5,14-17H2,1-3H3,(H,32,36)(H,33,37)/t21-,22+,23+,25?,29-,30?/m1/s1. The van der Waals surface area contributed by atoms with Crippen LogP contribution in [0.15, 0.2) is 48.5 Å². The number of amides is 3. The molecule has 2 aromatic rings. The number of aliphatic hydroxyl groups excluding tert-OH is 1. The second-order valence-electron chi connectivity index (χ2n) is 10.9. The Labute approximate surface area is 234 Å². The largest absolute Gasteiger partial charge is 0.394 e. The van der Waals surface area contributed by atoms with Crippen LogP contribution in [0.2, 0.25) is 5.02 Å². The Hall–Kier alpha value is -2.94. The van der Waals surface area contributed by atoms with Crippen LogP contribution in [-0.2, 0) is 19.1 Å². The zero-order chi connectivity index (χ0) is 27.9. The lowest BCUT2D eigenvalue weighted by Gasteiger charge is -2.37. The van der Waals surface area contributed by atoms with Gasteiger partial charge in [-0.3, -0.25) is 14.4 Å². The summed E-state index contributed by atoms with van der Waals surface area (Å²) in [5.74, 6) is -2.59. The van der Waals surface area contributed by atoms with Crippen molar-refractivity contribution in [2.45, 2.75) is 69.7 Å². The van der Waals surface area contributed by atoms with E-state index in [4.69, 9.17) is 16.3 Å². The van der Waals surface area contributed by atoms with Crippen molar-refractivity contribution in [1.82, 2.24) is 10.2 Å². The monoisotopic (exact) mass is 553 g/mol. The number of nitrogens with zero attached hydrogens (tertiary/aromatic N) is 1. The summed E-state index contributed by atoms with van der Waals surface area (Å²) in [7, 11) is 0. The minimum atomic E-state index is -1.21. The molecule has 6 atom stereocenters. The topological polar surface area (TPSA) is 108 Å². The highest BCUT2D eigenvalue weighted by molar-refractivity contribution is 6.34. The smallest absolute Gasteiger partial charge is 0.250 e. The fourth-order valence-corrected chi connectivity index (χ4v) is 7.33. The van der Waals surface area contributed by atoms with Gasteiger partial charge in [-0.05, 0) is 49.8 Å². The second-order valence-corrected chi connectivity index (χ2v) is 11.3. The number of rotatable bonds is 9. The molecule has 0 radical (unpaired) electrons. The van der Waals surface area contributed by atoms with Gasteiger partial charge in [0.05, 0.1) is 40.8 Å². The van der Waals surface area contributed by atoms with Gasteiger partial charge in [0.2, 0.25) is 17.7 Å². The van der Waals surface area contributed by atoms with Crippen molar-refractivity contribution in [1.29, 1.82) is 0 Å². The van der Waals surface area contributed by atoms with Gasteiger partial charge in [-0.25, -0.2) is 0 Å². The van der Waals surface area contributed by atoms with Crippen molar-refractivity contribution in [3.8, 4) is 0 Å². The molecule has 3 saturated heterocycles. The van der Waals surface area contributed by atoms with E-state index in [9.17, 15) is 19.5 Å². The van der Waals surface area contributed by atoms with E-state index in [2.05, 4.69) is 10.6 Å². The number of carbonyl (C=O) groups excluding carboxylic acids is 3. The maximum absolute atomic E-state index is 14.4. The molecule has 1 spiro atoms. The predicted molar refractivity (Wildman–Crippen MR) is 148 cm³/mol. The summed E-state index contributed by atoms with van der Waals surface area (Å²) >= 11 is 6.46. The zero-order valence-corrected chi connectivity index (χ0v) is 23.3. The third-order valence-corrected chi connectivity index (χ3v) is 9.18. The van der Waals surface area contributed by atoms with Crippen molar-refractivity contribution >= 4 is 35.0 Å². The quantitative estimate of drug-likeness (QED) is 0.435. The lowest BCUT2D eigenvalue weighted by molar-refractivity contribution is -0.149. The number of halogens is 1. The van der Waals surface area contributed by atoms with Crippen molar-refractivity contribution in [3.63, 3.8) is 0 Å². The Morgan fingerprint density at radius 2 is 1.87 bits per heavy atom. The van der Waals surface area contributed by atoms with E-state index in [1.165, 1.54) is 4.90 Å². The van der Waals surface area contributed by atoms with Gasteiger partial charge < -0.3 is 25.4 Å². The predicted octanol–water partition coefficient (Wildman–Crippen LogP) is 4.00.